The lowest BCUT2D eigenvalue weighted by Crippen LogP contribution is -2.20. The number of aliphatic hydroxyl groups excluding tert-OH is 1. The minimum absolute atomic E-state index is 0.163. The Kier molecular flexibility index (Phi) is 4.33. The van der Waals surface area contributed by atoms with Crippen LogP contribution >= 0.6 is 0 Å². The normalized spacial score (nSPS) is 22.3. The molecule has 2 atom stereocenters. The first kappa shape index (κ1) is 13.8. The molecule has 8 nitrogen and oxygen atoms in total. The Morgan fingerprint density at radius 1 is 1.26 bits per heavy atom. The number of hydrazine groups is 1. The van der Waals surface area contributed by atoms with Gasteiger partial charge in [-0.05, 0) is 25.2 Å². The summed E-state index contributed by atoms with van der Waals surface area (Å²) in [4.78, 5) is 14.4. The third-order valence-electron chi connectivity index (χ3n) is 3.22. The van der Waals surface area contributed by atoms with Crippen molar-refractivity contribution in [3.63, 3.8) is 0 Å². The summed E-state index contributed by atoms with van der Waals surface area (Å²) in [6.07, 6.45) is 2.58. The molecule has 1 saturated carbocycles. The molecule has 1 aliphatic rings. The molecule has 1 aromatic heterocycles. The van der Waals surface area contributed by atoms with E-state index < -0.39 is 0 Å². The highest BCUT2D eigenvalue weighted by molar-refractivity contribution is 5.42. The van der Waals surface area contributed by atoms with Gasteiger partial charge in [0.1, 0.15) is 0 Å². The van der Waals surface area contributed by atoms with Gasteiger partial charge in [0, 0.05) is 20.6 Å². The van der Waals surface area contributed by atoms with E-state index >= 15 is 0 Å². The Balaban J connectivity index is 2.00. The van der Waals surface area contributed by atoms with Gasteiger partial charge in [-0.2, -0.15) is 15.0 Å². The van der Waals surface area contributed by atoms with Crippen LogP contribution in [0.2, 0.25) is 0 Å². The number of nitrogens with two attached hydrogens (primary N) is 1. The number of nitrogen functional groups attached to an aromatic ring is 1. The van der Waals surface area contributed by atoms with Crippen molar-refractivity contribution in [3.05, 3.63) is 0 Å². The summed E-state index contributed by atoms with van der Waals surface area (Å²) in [5.41, 5.74) is 2.43. The van der Waals surface area contributed by atoms with E-state index in [1.807, 2.05) is 14.1 Å². The SMILES string of the molecule is CN(C)c1nc(NN)nc(NCC2CCC(O)C2)n1. The minimum Gasteiger partial charge on any atom is -0.393 e. The summed E-state index contributed by atoms with van der Waals surface area (Å²) in [6.45, 7) is 0.748. The molecule has 0 saturated heterocycles. The standard InChI is InChI=1S/C11H21N7O/c1-18(2)11-15-9(14-10(16-11)17-12)13-6-7-3-4-8(19)5-7/h7-8,19H,3-6,12H2,1-2H3,(H2,13,14,15,16,17). The van der Waals surface area contributed by atoms with Gasteiger partial charge < -0.3 is 15.3 Å². The lowest BCUT2D eigenvalue weighted by Gasteiger charge is -2.14. The van der Waals surface area contributed by atoms with Gasteiger partial charge in [0.2, 0.25) is 17.8 Å². The molecule has 1 aliphatic carbocycles. The molecule has 19 heavy (non-hydrogen) atoms. The second-order valence-corrected chi connectivity index (χ2v) is 5.04. The first-order valence-corrected chi connectivity index (χ1v) is 6.40. The molecule has 0 spiro atoms. The van der Waals surface area contributed by atoms with E-state index in [0.717, 1.165) is 25.8 Å². The first-order chi connectivity index (χ1) is 9.08. The van der Waals surface area contributed by atoms with E-state index in [-0.39, 0.29) is 6.10 Å². The van der Waals surface area contributed by atoms with Crippen LogP contribution in [0.3, 0.4) is 0 Å². The Bertz CT molecular complexity index is 426. The first-order valence-electron chi connectivity index (χ1n) is 6.40. The van der Waals surface area contributed by atoms with Gasteiger partial charge in [-0.25, -0.2) is 5.84 Å². The Morgan fingerprint density at radius 3 is 2.58 bits per heavy atom. The highest BCUT2D eigenvalue weighted by atomic mass is 16.3. The van der Waals surface area contributed by atoms with Gasteiger partial charge in [-0.15, -0.1) is 0 Å². The molecule has 0 aliphatic heterocycles. The summed E-state index contributed by atoms with van der Waals surface area (Å²) in [5, 5.41) is 12.7. The van der Waals surface area contributed by atoms with Gasteiger partial charge in [0.25, 0.3) is 0 Å². The maximum atomic E-state index is 9.49. The van der Waals surface area contributed by atoms with Crippen molar-refractivity contribution in [1.82, 2.24) is 15.0 Å². The van der Waals surface area contributed by atoms with E-state index in [1.165, 1.54) is 0 Å². The van der Waals surface area contributed by atoms with Crippen molar-refractivity contribution in [2.24, 2.45) is 11.8 Å². The Labute approximate surface area is 112 Å². The maximum absolute atomic E-state index is 9.49. The van der Waals surface area contributed by atoms with E-state index in [1.54, 1.807) is 4.90 Å². The fourth-order valence-corrected chi connectivity index (χ4v) is 2.18. The number of rotatable bonds is 5. The predicted octanol–water partition coefficient (Wildman–Crippen LogP) is -0.204. The van der Waals surface area contributed by atoms with Crippen LogP contribution in [0.25, 0.3) is 0 Å². The zero-order valence-electron chi connectivity index (χ0n) is 11.3. The van der Waals surface area contributed by atoms with E-state index in [0.29, 0.717) is 23.8 Å². The van der Waals surface area contributed by atoms with Crippen LogP contribution in [-0.2, 0) is 0 Å². The number of nitrogens with one attached hydrogen (secondary N) is 2. The van der Waals surface area contributed by atoms with Crippen molar-refractivity contribution >= 4 is 17.8 Å². The van der Waals surface area contributed by atoms with Gasteiger partial charge in [-0.1, -0.05) is 0 Å². The Morgan fingerprint density at radius 2 is 2.00 bits per heavy atom. The number of nitrogens with zero attached hydrogens (tertiary/aromatic N) is 4. The second-order valence-electron chi connectivity index (χ2n) is 5.04. The van der Waals surface area contributed by atoms with Crippen molar-refractivity contribution in [2.75, 3.05) is 36.3 Å². The molecule has 0 radical (unpaired) electrons. The van der Waals surface area contributed by atoms with E-state index in [2.05, 4.69) is 25.7 Å². The van der Waals surface area contributed by atoms with Gasteiger partial charge in [0.05, 0.1) is 6.10 Å². The number of hydrogen-bond donors (Lipinski definition) is 4. The van der Waals surface area contributed by atoms with Crippen LogP contribution in [-0.4, -0.2) is 46.8 Å². The summed E-state index contributed by atoms with van der Waals surface area (Å²) in [6, 6.07) is 0. The molecular formula is C11H21N7O. The molecular weight excluding hydrogens is 246 g/mol. The third kappa shape index (κ3) is 3.65. The summed E-state index contributed by atoms with van der Waals surface area (Å²) in [7, 11) is 3.71. The fraction of sp³-hybridized carbons (Fsp3) is 0.727. The van der Waals surface area contributed by atoms with Crippen molar-refractivity contribution < 1.29 is 5.11 Å². The summed E-state index contributed by atoms with van der Waals surface area (Å²) in [5.74, 6) is 7.16. The van der Waals surface area contributed by atoms with Crippen LogP contribution in [0.15, 0.2) is 0 Å². The largest absolute Gasteiger partial charge is 0.393 e. The molecule has 0 amide bonds. The number of hydrogen-bond acceptors (Lipinski definition) is 8. The third-order valence-corrected chi connectivity index (χ3v) is 3.22. The van der Waals surface area contributed by atoms with Gasteiger partial charge >= 0.3 is 0 Å². The average molecular weight is 267 g/mol. The predicted molar refractivity (Wildman–Crippen MR) is 73.8 cm³/mol. The van der Waals surface area contributed by atoms with Gasteiger partial charge in [0.15, 0.2) is 0 Å². The maximum Gasteiger partial charge on any atom is 0.243 e. The second kappa shape index (κ2) is 5.98. The van der Waals surface area contributed by atoms with Crippen LogP contribution < -0.4 is 21.5 Å². The van der Waals surface area contributed by atoms with Gasteiger partial charge in [-0.3, -0.25) is 5.43 Å². The molecule has 0 aromatic carbocycles. The number of anilines is 3. The molecule has 1 heterocycles. The van der Waals surface area contributed by atoms with E-state index in [9.17, 15) is 5.11 Å². The lowest BCUT2D eigenvalue weighted by atomic mass is 10.1. The molecule has 5 N–H and O–H groups in total. The number of aliphatic hydroxyl groups is 1. The molecule has 0 bridgehead atoms. The monoisotopic (exact) mass is 267 g/mol. The Hall–Kier alpha value is -1.67. The fourth-order valence-electron chi connectivity index (χ4n) is 2.18. The molecule has 8 heteroatoms. The van der Waals surface area contributed by atoms with Crippen molar-refractivity contribution in [1.29, 1.82) is 0 Å². The highest BCUT2D eigenvalue weighted by Gasteiger charge is 2.22. The van der Waals surface area contributed by atoms with Crippen LogP contribution in [0.5, 0.6) is 0 Å². The topological polar surface area (TPSA) is 112 Å². The zero-order valence-corrected chi connectivity index (χ0v) is 11.3. The zero-order chi connectivity index (χ0) is 13.8. The lowest BCUT2D eigenvalue weighted by molar-refractivity contribution is 0.178. The summed E-state index contributed by atoms with van der Waals surface area (Å²) >= 11 is 0. The quantitative estimate of drug-likeness (QED) is 0.428. The highest BCUT2D eigenvalue weighted by Crippen LogP contribution is 2.25. The van der Waals surface area contributed by atoms with E-state index in [4.69, 9.17) is 5.84 Å². The minimum atomic E-state index is -0.163. The number of aromatic nitrogens is 3. The average Bonchev–Trinajstić information content (AvgIpc) is 2.81. The molecule has 1 fully saturated rings. The van der Waals surface area contributed by atoms with Crippen molar-refractivity contribution in [2.45, 2.75) is 25.4 Å². The molecule has 106 valence electrons. The summed E-state index contributed by atoms with van der Waals surface area (Å²) < 4.78 is 0. The van der Waals surface area contributed by atoms with Crippen LogP contribution in [0.4, 0.5) is 17.8 Å². The van der Waals surface area contributed by atoms with Crippen molar-refractivity contribution in [3.8, 4) is 0 Å². The molecule has 2 unspecified atom stereocenters. The van der Waals surface area contributed by atoms with Crippen LogP contribution in [0.1, 0.15) is 19.3 Å². The molecule has 2 rings (SSSR count). The molecule has 1 aromatic rings. The smallest absolute Gasteiger partial charge is 0.243 e. The van der Waals surface area contributed by atoms with Crippen LogP contribution in [0, 0.1) is 5.92 Å².